The van der Waals surface area contributed by atoms with Gasteiger partial charge in [-0.05, 0) is 72.6 Å². The van der Waals surface area contributed by atoms with Crippen molar-refractivity contribution in [2.24, 2.45) is 0 Å². The first-order chi connectivity index (χ1) is 24.8. The van der Waals surface area contributed by atoms with E-state index in [9.17, 15) is 0 Å². The summed E-state index contributed by atoms with van der Waals surface area (Å²) in [5.41, 5.74) is 7.81. The molecule has 8 aromatic carbocycles. The lowest BCUT2D eigenvalue weighted by atomic mass is 9.81. The van der Waals surface area contributed by atoms with Gasteiger partial charge in [0, 0.05) is 16.3 Å². The maximum atomic E-state index is 9.05. The van der Waals surface area contributed by atoms with E-state index in [-0.39, 0.29) is 29.7 Å². The van der Waals surface area contributed by atoms with Gasteiger partial charge in [-0.15, -0.1) is 0 Å². The summed E-state index contributed by atoms with van der Waals surface area (Å²) in [6, 6.07) is 42.7. The topological polar surface area (TPSA) is 13.1 Å². The molecule has 0 amide bonds. The second kappa shape index (κ2) is 10.4. The van der Waals surface area contributed by atoms with Crippen LogP contribution in [0.4, 0.5) is 0 Å². The maximum absolute atomic E-state index is 9.05. The average molecular weight is 579 g/mol. The van der Waals surface area contributed by atoms with Crippen LogP contribution in [0.5, 0.6) is 0 Å². The molecule has 0 N–H and O–H groups in total. The molecule has 1 aromatic heterocycles. The second-order valence-corrected chi connectivity index (χ2v) is 11.1. The van der Waals surface area contributed by atoms with Crippen molar-refractivity contribution in [1.29, 1.82) is 0 Å². The Morgan fingerprint density at radius 3 is 1.62 bits per heavy atom. The van der Waals surface area contributed by atoms with Gasteiger partial charge >= 0.3 is 0 Å². The Bertz CT molecular complexity index is 2790. The van der Waals surface area contributed by atoms with E-state index in [2.05, 4.69) is 36.4 Å². The van der Waals surface area contributed by atoms with Crippen LogP contribution >= 0.6 is 0 Å². The fourth-order valence-corrected chi connectivity index (χ4v) is 6.88. The standard InChI is InChI=1S/C44H28O/c1-3-15-29(16-4-1)31-19-7-8-20-33(31)41-34-21-9-11-23-36(34)42(37-24-12-10-22-35(37)41)44-32(30-17-5-2-6-18-30)27-28-40-43(44)38-25-13-14-26-39(38)45-40/h1-28H/i1D,2D,5D,6D,17D,18D. The summed E-state index contributed by atoms with van der Waals surface area (Å²) in [5, 5.41) is 5.61. The minimum Gasteiger partial charge on any atom is -0.456 e. The molecule has 0 bridgehead atoms. The van der Waals surface area contributed by atoms with Crippen LogP contribution in [0.1, 0.15) is 8.22 Å². The van der Waals surface area contributed by atoms with E-state index in [1.807, 2.05) is 97.1 Å². The molecule has 1 nitrogen and oxygen atoms in total. The number of rotatable bonds is 4. The molecule has 0 fully saturated rings. The molecule has 1 heterocycles. The van der Waals surface area contributed by atoms with E-state index in [0.717, 1.165) is 65.7 Å². The molecule has 0 spiro atoms. The Kier molecular flexibility index (Phi) is 4.63. The van der Waals surface area contributed by atoms with Crippen LogP contribution in [-0.4, -0.2) is 0 Å². The highest BCUT2D eigenvalue weighted by Crippen LogP contribution is 2.50. The van der Waals surface area contributed by atoms with E-state index in [1.165, 1.54) is 0 Å². The maximum Gasteiger partial charge on any atom is 0.136 e. The van der Waals surface area contributed by atoms with Crippen molar-refractivity contribution < 1.29 is 12.6 Å². The molecule has 45 heavy (non-hydrogen) atoms. The van der Waals surface area contributed by atoms with Crippen molar-refractivity contribution >= 4 is 43.5 Å². The Hall–Kier alpha value is -5.92. The van der Waals surface area contributed by atoms with Crippen LogP contribution in [0, 0.1) is 0 Å². The quantitative estimate of drug-likeness (QED) is 0.189. The van der Waals surface area contributed by atoms with Crippen molar-refractivity contribution in [2.45, 2.75) is 0 Å². The smallest absolute Gasteiger partial charge is 0.136 e. The second-order valence-electron chi connectivity index (χ2n) is 11.1. The highest BCUT2D eigenvalue weighted by atomic mass is 16.3. The van der Waals surface area contributed by atoms with Gasteiger partial charge in [0.05, 0.1) is 8.22 Å². The first-order valence-corrected chi connectivity index (χ1v) is 14.9. The van der Waals surface area contributed by atoms with Gasteiger partial charge in [-0.2, -0.15) is 0 Å². The Morgan fingerprint density at radius 2 is 0.933 bits per heavy atom. The lowest BCUT2D eigenvalue weighted by Gasteiger charge is -2.21. The molecule has 0 aliphatic rings. The van der Waals surface area contributed by atoms with Gasteiger partial charge in [-0.1, -0.05) is 158 Å². The molecule has 0 radical (unpaired) electrons. The van der Waals surface area contributed by atoms with Crippen molar-refractivity contribution in [3.8, 4) is 44.5 Å². The zero-order valence-electron chi connectivity index (χ0n) is 30.1. The van der Waals surface area contributed by atoms with Crippen LogP contribution in [0.3, 0.4) is 0 Å². The first kappa shape index (κ1) is 20.1. The fourth-order valence-electron chi connectivity index (χ4n) is 6.88. The van der Waals surface area contributed by atoms with Gasteiger partial charge in [0.25, 0.3) is 0 Å². The molecular formula is C44H28O. The highest BCUT2D eigenvalue weighted by molar-refractivity contribution is 6.28. The fraction of sp³-hybridized carbons (Fsp3) is 0. The third kappa shape index (κ3) is 4.02. The number of hydrogen-bond acceptors (Lipinski definition) is 1. The molecule has 0 saturated heterocycles. The van der Waals surface area contributed by atoms with E-state index in [1.54, 1.807) is 0 Å². The van der Waals surface area contributed by atoms with Crippen LogP contribution < -0.4 is 0 Å². The number of hydrogen-bond donors (Lipinski definition) is 0. The van der Waals surface area contributed by atoms with Crippen molar-refractivity contribution in [3.05, 3.63) is 170 Å². The first-order valence-electron chi connectivity index (χ1n) is 17.9. The molecular weight excluding hydrogens is 544 g/mol. The summed E-state index contributed by atoms with van der Waals surface area (Å²) in [6.07, 6.45) is 0. The van der Waals surface area contributed by atoms with Gasteiger partial charge < -0.3 is 4.42 Å². The number of benzene rings is 8. The van der Waals surface area contributed by atoms with Gasteiger partial charge in [0.2, 0.25) is 0 Å². The van der Waals surface area contributed by atoms with E-state index < -0.39 is 6.04 Å². The third-order valence-corrected chi connectivity index (χ3v) is 8.72. The Balaban J connectivity index is 1.49. The summed E-state index contributed by atoms with van der Waals surface area (Å²) in [7, 11) is 0. The van der Waals surface area contributed by atoms with Crippen LogP contribution in [0.15, 0.2) is 174 Å². The van der Waals surface area contributed by atoms with Crippen LogP contribution in [0.25, 0.3) is 88.0 Å². The molecule has 0 saturated carbocycles. The molecule has 1 heteroatoms. The van der Waals surface area contributed by atoms with Crippen LogP contribution in [0.2, 0.25) is 0 Å². The number of para-hydroxylation sites is 1. The summed E-state index contributed by atoms with van der Waals surface area (Å²) in [4.78, 5) is 0. The van der Waals surface area contributed by atoms with E-state index >= 15 is 0 Å². The molecule has 0 aliphatic heterocycles. The van der Waals surface area contributed by atoms with Gasteiger partial charge in [-0.3, -0.25) is 0 Å². The van der Waals surface area contributed by atoms with Crippen LogP contribution in [-0.2, 0) is 0 Å². The number of furan rings is 1. The Morgan fingerprint density at radius 1 is 0.356 bits per heavy atom. The van der Waals surface area contributed by atoms with E-state index in [0.29, 0.717) is 22.8 Å². The zero-order valence-corrected chi connectivity index (χ0v) is 24.1. The SMILES string of the molecule is [2H]c1ccc(-c2ccccc2-c2c3ccccc3c(-c3c(-c4c([2H])c([2H])c([2H])c([2H])c4[2H])ccc4oc5ccccc5c34)c3ccccc23)cc1. The zero-order chi connectivity index (χ0) is 35.0. The Labute approximate surface area is 270 Å². The summed E-state index contributed by atoms with van der Waals surface area (Å²) < 4.78 is 58.1. The highest BCUT2D eigenvalue weighted by Gasteiger charge is 2.24. The van der Waals surface area contributed by atoms with Gasteiger partial charge in [0.15, 0.2) is 0 Å². The lowest BCUT2D eigenvalue weighted by molar-refractivity contribution is 0.669. The van der Waals surface area contributed by atoms with Crippen molar-refractivity contribution in [2.75, 3.05) is 0 Å². The summed E-state index contributed by atoms with van der Waals surface area (Å²) in [6.45, 7) is 0. The minimum atomic E-state index is -0.429. The predicted molar refractivity (Wildman–Crippen MR) is 190 cm³/mol. The van der Waals surface area contributed by atoms with Crippen molar-refractivity contribution in [3.63, 3.8) is 0 Å². The minimum absolute atomic E-state index is 0.142. The van der Waals surface area contributed by atoms with E-state index in [4.69, 9.17) is 12.6 Å². The molecule has 0 aliphatic carbocycles. The molecule has 9 rings (SSSR count). The molecule has 210 valence electrons. The summed E-state index contributed by atoms with van der Waals surface area (Å²) in [5.74, 6) is 0. The monoisotopic (exact) mass is 578 g/mol. The molecule has 0 unspecified atom stereocenters. The van der Waals surface area contributed by atoms with Gasteiger partial charge in [0.1, 0.15) is 11.2 Å². The largest absolute Gasteiger partial charge is 0.456 e. The summed E-state index contributed by atoms with van der Waals surface area (Å²) >= 11 is 0. The number of fused-ring (bicyclic) bond motifs is 5. The van der Waals surface area contributed by atoms with Gasteiger partial charge in [-0.25, -0.2) is 0 Å². The normalized spacial score (nSPS) is 13.4. The molecule has 9 aromatic rings. The third-order valence-electron chi connectivity index (χ3n) is 8.72. The lowest BCUT2D eigenvalue weighted by Crippen LogP contribution is -1.94. The molecule has 0 atom stereocenters. The average Bonchev–Trinajstić information content (AvgIpc) is 3.55. The van der Waals surface area contributed by atoms with Crippen molar-refractivity contribution in [1.82, 2.24) is 0 Å². The predicted octanol–water partition coefficient (Wildman–Crippen LogP) is 12.6.